The number of carbonyl (C=O) groups is 2. The van der Waals surface area contributed by atoms with Gasteiger partial charge in [0.1, 0.15) is 0 Å². The van der Waals surface area contributed by atoms with Gasteiger partial charge in [-0.25, -0.2) is 4.79 Å². The number of benzene rings is 1. The van der Waals surface area contributed by atoms with E-state index in [9.17, 15) is 14.7 Å². The number of carbonyl (C=O) groups excluding carboxylic acids is 1. The highest BCUT2D eigenvalue weighted by Gasteiger charge is 2.48. The molecule has 5 heteroatoms. The van der Waals surface area contributed by atoms with Gasteiger partial charge in [-0.3, -0.25) is 4.79 Å². The minimum Gasteiger partial charge on any atom is -0.480 e. The molecule has 1 aromatic carbocycles. The van der Waals surface area contributed by atoms with Gasteiger partial charge in [0.2, 0.25) is 5.91 Å². The average molecular weight is 289 g/mol. The van der Waals surface area contributed by atoms with Crippen molar-refractivity contribution < 1.29 is 19.4 Å². The van der Waals surface area contributed by atoms with Crippen molar-refractivity contribution in [1.82, 2.24) is 4.90 Å². The van der Waals surface area contributed by atoms with Crippen LogP contribution in [0.2, 0.25) is 0 Å². The number of carboxylic acid groups (broad SMARTS) is 1. The summed E-state index contributed by atoms with van der Waals surface area (Å²) in [5.41, 5.74) is 2.39. The quantitative estimate of drug-likeness (QED) is 0.913. The molecule has 1 heterocycles. The van der Waals surface area contributed by atoms with E-state index in [0.717, 1.165) is 6.42 Å². The molecule has 1 aromatic rings. The van der Waals surface area contributed by atoms with Crippen LogP contribution in [0.3, 0.4) is 0 Å². The van der Waals surface area contributed by atoms with E-state index in [1.165, 1.54) is 16.0 Å². The molecule has 0 aromatic heterocycles. The third-order valence-corrected chi connectivity index (χ3v) is 4.39. The standard InChI is InChI=1S/C16H19NO4/c1-10-4-2-3-5-11(10)12-8-13(12)15(18)17-6-7-21-9-14(17)16(19)20/h2-5,12-14H,6-9H2,1H3,(H,19,20)/t12-,13+,14-/m0/s1. The maximum atomic E-state index is 12.6. The van der Waals surface area contributed by atoms with Crippen molar-refractivity contribution in [1.29, 1.82) is 0 Å². The van der Waals surface area contributed by atoms with E-state index in [4.69, 9.17) is 4.74 Å². The molecule has 3 atom stereocenters. The SMILES string of the molecule is Cc1ccccc1[C@@H]1C[C@H]1C(=O)N1CCOC[C@H]1C(=O)O. The third-order valence-electron chi connectivity index (χ3n) is 4.39. The largest absolute Gasteiger partial charge is 0.480 e. The van der Waals surface area contributed by atoms with E-state index in [1.807, 2.05) is 25.1 Å². The fraction of sp³-hybridized carbons (Fsp3) is 0.500. The van der Waals surface area contributed by atoms with Crippen molar-refractivity contribution >= 4 is 11.9 Å². The molecular weight excluding hydrogens is 270 g/mol. The summed E-state index contributed by atoms with van der Waals surface area (Å²) in [4.78, 5) is 25.3. The van der Waals surface area contributed by atoms with Gasteiger partial charge < -0.3 is 14.7 Å². The third kappa shape index (κ3) is 2.65. The topological polar surface area (TPSA) is 66.8 Å². The summed E-state index contributed by atoms with van der Waals surface area (Å²) in [6.07, 6.45) is 0.813. The molecule has 1 aliphatic heterocycles. The van der Waals surface area contributed by atoms with Gasteiger partial charge in [-0.05, 0) is 30.4 Å². The fourth-order valence-corrected chi connectivity index (χ4v) is 3.10. The van der Waals surface area contributed by atoms with Gasteiger partial charge in [0.05, 0.1) is 13.2 Å². The molecule has 1 aliphatic carbocycles. The summed E-state index contributed by atoms with van der Waals surface area (Å²) in [6.45, 7) is 2.91. The molecule has 112 valence electrons. The van der Waals surface area contributed by atoms with E-state index in [2.05, 4.69) is 6.07 Å². The molecule has 1 N–H and O–H groups in total. The summed E-state index contributed by atoms with van der Waals surface area (Å²) in [7, 11) is 0. The van der Waals surface area contributed by atoms with Crippen LogP contribution < -0.4 is 0 Å². The molecule has 0 bridgehead atoms. The Kier molecular flexibility index (Phi) is 3.68. The van der Waals surface area contributed by atoms with Crippen LogP contribution >= 0.6 is 0 Å². The lowest BCUT2D eigenvalue weighted by Gasteiger charge is -2.33. The fourth-order valence-electron chi connectivity index (χ4n) is 3.10. The van der Waals surface area contributed by atoms with E-state index in [1.54, 1.807) is 0 Å². The lowest BCUT2D eigenvalue weighted by Crippen LogP contribution is -2.53. The summed E-state index contributed by atoms with van der Waals surface area (Å²) >= 11 is 0. The summed E-state index contributed by atoms with van der Waals surface area (Å²) in [6, 6.07) is 7.23. The number of ether oxygens (including phenoxy) is 1. The molecule has 0 spiro atoms. The predicted octanol–water partition coefficient (Wildman–Crippen LogP) is 1.41. The Bertz CT molecular complexity index is 571. The number of amides is 1. The second kappa shape index (κ2) is 5.48. The molecule has 5 nitrogen and oxygen atoms in total. The Morgan fingerprint density at radius 2 is 2.10 bits per heavy atom. The number of carboxylic acids is 1. The van der Waals surface area contributed by atoms with Crippen molar-refractivity contribution in [3.05, 3.63) is 35.4 Å². The van der Waals surface area contributed by atoms with Gasteiger partial charge in [0.25, 0.3) is 0 Å². The van der Waals surface area contributed by atoms with Crippen LogP contribution in [0, 0.1) is 12.8 Å². The zero-order chi connectivity index (χ0) is 15.0. The van der Waals surface area contributed by atoms with Crippen LogP contribution in [-0.2, 0) is 14.3 Å². The first-order chi connectivity index (χ1) is 10.1. The second-order valence-corrected chi connectivity index (χ2v) is 5.77. The van der Waals surface area contributed by atoms with E-state index in [-0.39, 0.29) is 24.3 Å². The van der Waals surface area contributed by atoms with Gasteiger partial charge in [0, 0.05) is 12.5 Å². The molecule has 1 saturated carbocycles. The Hall–Kier alpha value is -1.88. The Morgan fingerprint density at radius 1 is 1.33 bits per heavy atom. The van der Waals surface area contributed by atoms with E-state index >= 15 is 0 Å². The molecule has 21 heavy (non-hydrogen) atoms. The number of morpholine rings is 1. The summed E-state index contributed by atoms with van der Waals surface area (Å²) in [5.74, 6) is -0.878. The lowest BCUT2D eigenvalue weighted by molar-refractivity contribution is -0.158. The van der Waals surface area contributed by atoms with Crippen molar-refractivity contribution in [3.8, 4) is 0 Å². The number of hydrogen-bond acceptors (Lipinski definition) is 3. The Morgan fingerprint density at radius 3 is 2.81 bits per heavy atom. The minimum absolute atomic E-state index is 0.0426. The highest BCUT2D eigenvalue weighted by Crippen LogP contribution is 2.49. The van der Waals surface area contributed by atoms with Crippen molar-refractivity contribution in [2.75, 3.05) is 19.8 Å². The van der Waals surface area contributed by atoms with Crippen molar-refractivity contribution in [2.24, 2.45) is 5.92 Å². The van der Waals surface area contributed by atoms with Crippen LogP contribution in [0.1, 0.15) is 23.5 Å². The van der Waals surface area contributed by atoms with Crippen LogP contribution in [0.4, 0.5) is 0 Å². The van der Waals surface area contributed by atoms with Gasteiger partial charge >= 0.3 is 5.97 Å². The average Bonchev–Trinajstić information content (AvgIpc) is 3.27. The molecule has 3 rings (SSSR count). The predicted molar refractivity (Wildman–Crippen MR) is 76.0 cm³/mol. The zero-order valence-corrected chi connectivity index (χ0v) is 12.0. The van der Waals surface area contributed by atoms with Gasteiger partial charge in [0.15, 0.2) is 6.04 Å². The highest BCUT2D eigenvalue weighted by atomic mass is 16.5. The molecule has 2 fully saturated rings. The van der Waals surface area contributed by atoms with E-state index in [0.29, 0.717) is 13.2 Å². The highest BCUT2D eigenvalue weighted by molar-refractivity contribution is 5.88. The summed E-state index contributed by atoms with van der Waals surface area (Å²) in [5, 5.41) is 9.21. The maximum absolute atomic E-state index is 12.6. The first-order valence-corrected chi connectivity index (χ1v) is 7.26. The number of aryl methyl sites for hydroxylation is 1. The van der Waals surface area contributed by atoms with Crippen LogP contribution in [0.15, 0.2) is 24.3 Å². The monoisotopic (exact) mass is 289 g/mol. The normalized spacial score (nSPS) is 28.2. The number of rotatable bonds is 3. The first-order valence-electron chi connectivity index (χ1n) is 7.26. The van der Waals surface area contributed by atoms with Gasteiger partial charge in [-0.15, -0.1) is 0 Å². The molecular formula is C16H19NO4. The van der Waals surface area contributed by atoms with Crippen LogP contribution in [0.5, 0.6) is 0 Å². The molecule has 0 unspecified atom stereocenters. The van der Waals surface area contributed by atoms with Crippen molar-refractivity contribution in [3.63, 3.8) is 0 Å². The molecule has 2 aliphatic rings. The first kappa shape index (κ1) is 14.1. The van der Waals surface area contributed by atoms with Gasteiger partial charge in [-0.2, -0.15) is 0 Å². The lowest BCUT2D eigenvalue weighted by atomic mass is 10.0. The smallest absolute Gasteiger partial charge is 0.328 e. The minimum atomic E-state index is -0.990. The maximum Gasteiger partial charge on any atom is 0.328 e. The number of aliphatic carboxylic acids is 1. The number of nitrogens with zero attached hydrogens (tertiary/aromatic N) is 1. The molecule has 0 radical (unpaired) electrons. The molecule has 1 saturated heterocycles. The van der Waals surface area contributed by atoms with E-state index < -0.39 is 12.0 Å². The summed E-state index contributed by atoms with van der Waals surface area (Å²) < 4.78 is 5.18. The Balaban J connectivity index is 1.72. The number of hydrogen-bond donors (Lipinski definition) is 1. The molecule has 1 amide bonds. The Labute approximate surface area is 123 Å². The van der Waals surface area contributed by atoms with Crippen molar-refractivity contribution in [2.45, 2.75) is 25.3 Å². The van der Waals surface area contributed by atoms with Crippen LogP contribution in [0.25, 0.3) is 0 Å². The second-order valence-electron chi connectivity index (χ2n) is 5.77. The van der Waals surface area contributed by atoms with Crippen LogP contribution in [-0.4, -0.2) is 47.7 Å². The van der Waals surface area contributed by atoms with Gasteiger partial charge in [-0.1, -0.05) is 24.3 Å². The zero-order valence-electron chi connectivity index (χ0n) is 12.0.